The van der Waals surface area contributed by atoms with E-state index < -0.39 is 0 Å². The Morgan fingerprint density at radius 2 is 2.19 bits per heavy atom. The molecular weight excluding hydrogens is 380 g/mol. The largest absolute Gasteiger partial charge is 0.355 e. The van der Waals surface area contributed by atoms with Gasteiger partial charge in [0.05, 0.1) is 11.1 Å². The van der Waals surface area contributed by atoms with Crippen molar-refractivity contribution >= 4 is 40.0 Å². The predicted octanol–water partition coefficient (Wildman–Crippen LogP) is 2.96. The minimum atomic E-state index is -0.109. The summed E-state index contributed by atoms with van der Waals surface area (Å²) in [5.41, 5.74) is 0.311. The van der Waals surface area contributed by atoms with Gasteiger partial charge in [0, 0.05) is 24.2 Å². The molecule has 27 heavy (non-hydrogen) atoms. The number of thioether (sulfide) groups is 1. The van der Waals surface area contributed by atoms with Crippen molar-refractivity contribution in [3.8, 4) is 0 Å². The van der Waals surface area contributed by atoms with Gasteiger partial charge in [0.1, 0.15) is 0 Å². The second-order valence-electron chi connectivity index (χ2n) is 6.55. The Balaban J connectivity index is 1.69. The first-order valence-electron chi connectivity index (χ1n) is 8.82. The average molecular weight is 403 g/mol. The standard InChI is InChI=1S/C19H22N4O2S2/c1-13(2)11-23-18(25)15-6-3-8-21-17(15)22-19(23)27-12-16(24)20-9-7-14-5-4-10-26-14/h3-6,8,10,13H,7,9,11-12H2,1-2H3,(H,20,24). The molecule has 0 atom stereocenters. The third-order valence-electron chi connectivity index (χ3n) is 3.85. The highest BCUT2D eigenvalue weighted by Gasteiger charge is 2.14. The molecule has 3 rings (SSSR count). The van der Waals surface area contributed by atoms with Crippen molar-refractivity contribution in [2.45, 2.75) is 32.0 Å². The first-order chi connectivity index (χ1) is 13.0. The lowest BCUT2D eigenvalue weighted by Gasteiger charge is -2.14. The van der Waals surface area contributed by atoms with Crippen molar-refractivity contribution in [3.63, 3.8) is 0 Å². The quantitative estimate of drug-likeness (QED) is 0.463. The van der Waals surface area contributed by atoms with Crippen molar-refractivity contribution < 1.29 is 4.79 Å². The molecule has 0 saturated heterocycles. The van der Waals surface area contributed by atoms with Gasteiger partial charge in [-0.2, -0.15) is 0 Å². The van der Waals surface area contributed by atoms with Crippen molar-refractivity contribution in [1.29, 1.82) is 0 Å². The SMILES string of the molecule is CC(C)Cn1c(SCC(=O)NCCc2cccs2)nc2ncccc2c1=O. The predicted molar refractivity (Wildman–Crippen MR) is 110 cm³/mol. The summed E-state index contributed by atoms with van der Waals surface area (Å²) >= 11 is 2.96. The summed E-state index contributed by atoms with van der Waals surface area (Å²) in [6, 6.07) is 7.53. The van der Waals surface area contributed by atoms with Crippen LogP contribution in [-0.2, 0) is 17.8 Å². The van der Waals surface area contributed by atoms with Crippen LogP contribution in [0.5, 0.6) is 0 Å². The van der Waals surface area contributed by atoms with Crippen LogP contribution in [0.25, 0.3) is 11.0 Å². The van der Waals surface area contributed by atoms with Crippen LogP contribution in [0.4, 0.5) is 0 Å². The van der Waals surface area contributed by atoms with Crippen LogP contribution in [0, 0.1) is 5.92 Å². The molecule has 6 nitrogen and oxygen atoms in total. The fraction of sp³-hybridized carbons (Fsp3) is 0.368. The Morgan fingerprint density at radius 3 is 2.93 bits per heavy atom. The van der Waals surface area contributed by atoms with Crippen LogP contribution >= 0.6 is 23.1 Å². The highest BCUT2D eigenvalue weighted by atomic mass is 32.2. The summed E-state index contributed by atoms with van der Waals surface area (Å²) in [7, 11) is 0. The molecule has 3 heterocycles. The Bertz CT molecular complexity index is 968. The van der Waals surface area contributed by atoms with E-state index >= 15 is 0 Å². The number of pyridine rings is 1. The lowest BCUT2D eigenvalue weighted by Crippen LogP contribution is -2.29. The van der Waals surface area contributed by atoms with Crippen LogP contribution in [0.15, 0.2) is 45.8 Å². The fourth-order valence-corrected chi connectivity index (χ4v) is 4.17. The number of nitrogens with one attached hydrogen (secondary N) is 1. The lowest BCUT2D eigenvalue weighted by molar-refractivity contribution is -0.118. The van der Waals surface area contributed by atoms with E-state index in [-0.39, 0.29) is 23.1 Å². The molecule has 3 aromatic rings. The molecule has 0 aromatic carbocycles. The first kappa shape index (κ1) is 19.6. The Hall–Kier alpha value is -2.19. The molecule has 0 saturated carbocycles. The van der Waals surface area contributed by atoms with Crippen LogP contribution in [0.3, 0.4) is 0 Å². The maximum atomic E-state index is 12.8. The lowest BCUT2D eigenvalue weighted by atomic mass is 10.2. The highest BCUT2D eigenvalue weighted by Crippen LogP contribution is 2.18. The molecule has 0 bridgehead atoms. The zero-order chi connectivity index (χ0) is 19.2. The number of carbonyl (C=O) groups excluding carboxylic acids is 1. The minimum absolute atomic E-state index is 0.0666. The van der Waals surface area contributed by atoms with Crippen molar-refractivity contribution in [1.82, 2.24) is 19.9 Å². The number of rotatable bonds is 8. The van der Waals surface area contributed by atoms with E-state index in [0.29, 0.717) is 29.3 Å². The van der Waals surface area contributed by atoms with Crippen molar-refractivity contribution in [2.24, 2.45) is 5.92 Å². The summed E-state index contributed by atoms with van der Waals surface area (Å²) in [6.07, 6.45) is 2.44. The van der Waals surface area contributed by atoms with Gasteiger partial charge in [0.25, 0.3) is 5.56 Å². The number of aromatic nitrogens is 3. The number of hydrogen-bond acceptors (Lipinski definition) is 6. The molecule has 8 heteroatoms. The summed E-state index contributed by atoms with van der Waals surface area (Å²) in [5, 5.41) is 5.99. The molecule has 0 unspecified atom stereocenters. The molecular formula is C19H22N4O2S2. The summed E-state index contributed by atoms with van der Waals surface area (Å²) in [5.74, 6) is 0.438. The average Bonchev–Trinajstić information content (AvgIpc) is 3.16. The van der Waals surface area contributed by atoms with Gasteiger partial charge in [-0.1, -0.05) is 31.7 Å². The first-order valence-corrected chi connectivity index (χ1v) is 10.7. The number of hydrogen-bond donors (Lipinski definition) is 1. The van der Waals surface area contributed by atoms with Gasteiger partial charge in [-0.05, 0) is 35.9 Å². The molecule has 1 amide bonds. The number of thiophene rings is 1. The van der Waals surface area contributed by atoms with Gasteiger partial charge in [-0.25, -0.2) is 9.97 Å². The Labute approximate surface area is 166 Å². The highest BCUT2D eigenvalue weighted by molar-refractivity contribution is 7.99. The van der Waals surface area contributed by atoms with Gasteiger partial charge < -0.3 is 5.32 Å². The third-order valence-corrected chi connectivity index (χ3v) is 5.76. The van der Waals surface area contributed by atoms with Crippen LogP contribution in [0.1, 0.15) is 18.7 Å². The molecule has 3 aromatic heterocycles. The smallest absolute Gasteiger partial charge is 0.263 e. The maximum Gasteiger partial charge on any atom is 0.263 e. The van der Waals surface area contributed by atoms with Crippen molar-refractivity contribution in [3.05, 3.63) is 51.1 Å². The van der Waals surface area contributed by atoms with Crippen LogP contribution in [0.2, 0.25) is 0 Å². The third kappa shape index (κ3) is 5.17. The topological polar surface area (TPSA) is 76.9 Å². The van der Waals surface area contributed by atoms with Gasteiger partial charge >= 0.3 is 0 Å². The van der Waals surface area contributed by atoms with Crippen molar-refractivity contribution in [2.75, 3.05) is 12.3 Å². The second-order valence-corrected chi connectivity index (χ2v) is 8.52. The van der Waals surface area contributed by atoms with Gasteiger partial charge in [-0.15, -0.1) is 11.3 Å². The van der Waals surface area contributed by atoms with E-state index in [4.69, 9.17) is 0 Å². The Morgan fingerprint density at radius 1 is 1.33 bits per heavy atom. The van der Waals surface area contributed by atoms with E-state index in [1.807, 2.05) is 25.3 Å². The normalized spacial score (nSPS) is 11.2. The molecule has 0 spiro atoms. The minimum Gasteiger partial charge on any atom is -0.355 e. The van der Waals surface area contributed by atoms with Gasteiger partial charge in [-0.3, -0.25) is 14.2 Å². The zero-order valence-corrected chi connectivity index (χ0v) is 17.0. The number of carbonyl (C=O) groups is 1. The van der Waals surface area contributed by atoms with Gasteiger partial charge in [0.15, 0.2) is 10.8 Å². The molecule has 0 radical (unpaired) electrons. The monoisotopic (exact) mass is 402 g/mol. The molecule has 1 N–H and O–H groups in total. The molecule has 0 aliphatic heterocycles. The zero-order valence-electron chi connectivity index (χ0n) is 15.3. The van der Waals surface area contributed by atoms with E-state index in [2.05, 4.69) is 21.4 Å². The van der Waals surface area contributed by atoms with E-state index in [1.165, 1.54) is 16.6 Å². The van der Waals surface area contributed by atoms with E-state index in [1.54, 1.807) is 34.2 Å². The number of nitrogens with zero attached hydrogens (tertiary/aromatic N) is 3. The van der Waals surface area contributed by atoms with Crippen LogP contribution in [-0.4, -0.2) is 32.7 Å². The van der Waals surface area contributed by atoms with Gasteiger partial charge in [0.2, 0.25) is 5.91 Å². The molecule has 142 valence electrons. The Kier molecular flexibility index (Phi) is 6.63. The number of amides is 1. The van der Waals surface area contributed by atoms with Crippen LogP contribution < -0.4 is 10.9 Å². The summed E-state index contributed by atoms with van der Waals surface area (Å²) in [4.78, 5) is 34.9. The fourth-order valence-electron chi connectivity index (χ4n) is 2.63. The van der Waals surface area contributed by atoms with E-state index in [0.717, 1.165) is 6.42 Å². The maximum absolute atomic E-state index is 12.8. The molecule has 0 aliphatic carbocycles. The van der Waals surface area contributed by atoms with E-state index in [9.17, 15) is 9.59 Å². The summed E-state index contributed by atoms with van der Waals surface area (Å²) in [6.45, 7) is 5.25. The molecule has 0 aliphatic rings. The second kappa shape index (κ2) is 9.14. The number of fused-ring (bicyclic) bond motifs is 1. The summed E-state index contributed by atoms with van der Waals surface area (Å²) < 4.78 is 1.65. The molecule has 0 fully saturated rings.